The van der Waals surface area contributed by atoms with E-state index in [1.807, 2.05) is 55.5 Å². The fraction of sp³-hybridized carbons (Fsp3) is 0.167. The second kappa shape index (κ2) is 6.75. The number of aromatic nitrogens is 6. The van der Waals surface area contributed by atoms with Crippen molar-refractivity contribution < 1.29 is 4.79 Å². The Hall–Kier alpha value is -3.55. The van der Waals surface area contributed by atoms with Gasteiger partial charge in [-0.2, -0.15) is 5.10 Å². The first-order valence-corrected chi connectivity index (χ1v) is 8.23. The molecule has 1 unspecified atom stereocenters. The summed E-state index contributed by atoms with van der Waals surface area (Å²) in [5, 5.41) is 15.2. The van der Waals surface area contributed by atoms with E-state index in [0.29, 0.717) is 0 Å². The van der Waals surface area contributed by atoms with Crippen LogP contribution in [0.2, 0.25) is 0 Å². The maximum absolute atomic E-state index is 12.4. The van der Waals surface area contributed by atoms with E-state index in [0.717, 1.165) is 22.3 Å². The molecule has 0 aliphatic rings. The summed E-state index contributed by atoms with van der Waals surface area (Å²) in [5.74, 6) is -0.117. The zero-order valence-electron chi connectivity index (χ0n) is 14.1. The lowest BCUT2D eigenvalue weighted by atomic mass is 10.1. The van der Waals surface area contributed by atoms with Gasteiger partial charge in [0.25, 0.3) is 0 Å². The van der Waals surface area contributed by atoms with E-state index in [1.165, 1.54) is 6.33 Å². The van der Waals surface area contributed by atoms with Gasteiger partial charge in [0.05, 0.1) is 17.2 Å². The van der Waals surface area contributed by atoms with Crippen LogP contribution in [0.3, 0.4) is 0 Å². The zero-order chi connectivity index (χ0) is 17.9. The first-order valence-electron chi connectivity index (χ1n) is 8.23. The number of hydrogen-bond donors (Lipinski definition) is 1. The van der Waals surface area contributed by atoms with Crippen molar-refractivity contribution in [1.29, 1.82) is 0 Å². The number of amides is 1. The first-order chi connectivity index (χ1) is 12.7. The van der Waals surface area contributed by atoms with Crippen LogP contribution in [0.4, 0.5) is 0 Å². The molecule has 0 radical (unpaired) electrons. The molecule has 1 atom stereocenters. The minimum absolute atomic E-state index is 0.117. The molecular formula is C18H17N7O. The molecule has 26 heavy (non-hydrogen) atoms. The Morgan fingerprint density at radius 3 is 2.73 bits per heavy atom. The van der Waals surface area contributed by atoms with Gasteiger partial charge in [-0.05, 0) is 36.8 Å². The van der Waals surface area contributed by atoms with Crippen molar-refractivity contribution >= 4 is 16.9 Å². The van der Waals surface area contributed by atoms with Gasteiger partial charge in [0.1, 0.15) is 24.7 Å². The van der Waals surface area contributed by atoms with Gasteiger partial charge in [0.2, 0.25) is 5.91 Å². The van der Waals surface area contributed by atoms with Gasteiger partial charge >= 0.3 is 0 Å². The Morgan fingerprint density at radius 1 is 1.15 bits per heavy atom. The minimum Gasteiger partial charge on any atom is -0.348 e. The molecule has 8 heteroatoms. The fourth-order valence-electron chi connectivity index (χ4n) is 2.80. The molecule has 0 aliphatic heterocycles. The van der Waals surface area contributed by atoms with Crippen LogP contribution in [-0.4, -0.2) is 35.7 Å². The number of carbonyl (C=O) groups is 1. The molecule has 4 aromatic rings. The highest BCUT2D eigenvalue weighted by Gasteiger charge is 2.12. The number of rotatable bonds is 5. The molecule has 130 valence electrons. The van der Waals surface area contributed by atoms with E-state index >= 15 is 0 Å². The Kier molecular flexibility index (Phi) is 4.14. The number of nitrogens with one attached hydrogen (secondary N) is 1. The third-order valence-corrected chi connectivity index (χ3v) is 4.17. The molecule has 0 aliphatic carbocycles. The Balaban J connectivity index is 1.42. The quantitative estimate of drug-likeness (QED) is 0.595. The van der Waals surface area contributed by atoms with E-state index < -0.39 is 0 Å². The molecule has 1 N–H and O–H groups in total. The van der Waals surface area contributed by atoms with Crippen LogP contribution in [0.1, 0.15) is 18.5 Å². The largest absolute Gasteiger partial charge is 0.348 e. The number of carbonyl (C=O) groups excluding carboxylic acids is 1. The summed E-state index contributed by atoms with van der Waals surface area (Å²) in [6, 6.07) is 15.3. The smallest absolute Gasteiger partial charge is 0.242 e. The number of benzene rings is 2. The van der Waals surface area contributed by atoms with Crippen LogP contribution in [-0.2, 0) is 11.3 Å². The zero-order valence-corrected chi connectivity index (χ0v) is 14.1. The van der Waals surface area contributed by atoms with E-state index in [-0.39, 0.29) is 18.5 Å². The van der Waals surface area contributed by atoms with Crippen LogP contribution in [0.25, 0.3) is 16.7 Å². The van der Waals surface area contributed by atoms with Crippen molar-refractivity contribution in [3.63, 3.8) is 0 Å². The van der Waals surface area contributed by atoms with Crippen LogP contribution >= 0.6 is 0 Å². The van der Waals surface area contributed by atoms with Crippen molar-refractivity contribution in [3.8, 4) is 5.69 Å². The molecule has 1 amide bonds. The molecule has 8 nitrogen and oxygen atoms in total. The summed E-state index contributed by atoms with van der Waals surface area (Å²) in [6.07, 6.45) is 3.13. The highest BCUT2D eigenvalue weighted by molar-refractivity contribution is 5.80. The average Bonchev–Trinajstić information content (AvgIpc) is 3.32. The summed E-state index contributed by atoms with van der Waals surface area (Å²) >= 11 is 0. The second-order valence-corrected chi connectivity index (χ2v) is 5.96. The molecule has 0 saturated carbocycles. The molecule has 0 saturated heterocycles. The normalized spacial score (nSPS) is 12.2. The maximum Gasteiger partial charge on any atom is 0.242 e. The lowest BCUT2D eigenvalue weighted by Gasteiger charge is -2.15. The lowest BCUT2D eigenvalue weighted by molar-refractivity contribution is -0.122. The van der Waals surface area contributed by atoms with Crippen LogP contribution in [0, 0.1) is 0 Å². The molecule has 4 rings (SSSR count). The van der Waals surface area contributed by atoms with Gasteiger partial charge in [-0.25, -0.2) is 14.3 Å². The van der Waals surface area contributed by atoms with Crippen molar-refractivity contribution in [2.75, 3.05) is 0 Å². The van der Waals surface area contributed by atoms with Crippen LogP contribution in [0.5, 0.6) is 0 Å². The molecule has 0 fully saturated rings. The predicted octanol–water partition coefficient (Wildman–Crippen LogP) is 1.89. The molecular weight excluding hydrogens is 330 g/mol. The number of fused-ring (bicyclic) bond motifs is 1. The number of para-hydroxylation sites is 1. The Labute approximate surface area is 149 Å². The first kappa shape index (κ1) is 15.9. The van der Waals surface area contributed by atoms with Gasteiger partial charge in [0, 0.05) is 0 Å². The van der Waals surface area contributed by atoms with Crippen molar-refractivity contribution in [2.45, 2.75) is 19.5 Å². The minimum atomic E-state index is -0.123. The third-order valence-electron chi connectivity index (χ3n) is 4.17. The summed E-state index contributed by atoms with van der Waals surface area (Å²) in [5.41, 5.74) is 3.54. The van der Waals surface area contributed by atoms with Gasteiger partial charge < -0.3 is 5.32 Å². The van der Waals surface area contributed by atoms with Crippen LogP contribution in [0.15, 0.2) is 61.2 Å². The molecule has 0 spiro atoms. The Morgan fingerprint density at radius 2 is 1.96 bits per heavy atom. The molecule has 0 bridgehead atoms. The molecule has 2 heterocycles. The van der Waals surface area contributed by atoms with Gasteiger partial charge in [-0.15, -0.1) is 5.10 Å². The lowest BCUT2D eigenvalue weighted by Crippen LogP contribution is -2.30. The monoisotopic (exact) mass is 347 g/mol. The number of hydrogen-bond acceptors (Lipinski definition) is 5. The van der Waals surface area contributed by atoms with E-state index in [9.17, 15) is 4.79 Å². The van der Waals surface area contributed by atoms with E-state index in [4.69, 9.17) is 0 Å². The standard InChI is InChI=1S/C18H17N7O/c1-13(14-6-8-15(9-7-14)25-12-19-11-20-25)21-18(26)10-24-17-5-3-2-4-16(17)22-23-24/h2-9,11-13H,10H2,1H3,(H,21,26). The summed E-state index contributed by atoms with van der Waals surface area (Å²) in [7, 11) is 0. The molecule has 2 aromatic carbocycles. The number of nitrogens with zero attached hydrogens (tertiary/aromatic N) is 6. The van der Waals surface area contributed by atoms with E-state index in [1.54, 1.807) is 15.7 Å². The van der Waals surface area contributed by atoms with Gasteiger partial charge in [-0.3, -0.25) is 4.79 Å². The highest BCUT2D eigenvalue weighted by atomic mass is 16.2. The third kappa shape index (κ3) is 3.16. The topological polar surface area (TPSA) is 90.5 Å². The summed E-state index contributed by atoms with van der Waals surface area (Å²) < 4.78 is 3.29. The van der Waals surface area contributed by atoms with Gasteiger partial charge in [-0.1, -0.05) is 29.5 Å². The summed E-state index contributed by atoms with van der Waals surface area (Å²) in [4.78, 5) is 16.3. The maximum atomic E-state index is 12.4. The van der Waals surface area contributed by atoms with Crippen molar-refractivity contribution in [1.82, 2.24) is 35.1 Å². The van der Waals surface area contributed by atoms with E-state index in [2.05, 4.69) is 25.7 Å². The highest BCUT2D eigenvalue weighted by Crippen LogP contribution is 2.15. The molecule has 2 aromatic heterocycles. The van der Waals surface area contributed by atoms with Crippen molar-refractivity contribution in [2.24, 2.45) is 0 Å². The Bertz CT molecular complexity index is 1020. The second-order valence-electron chi connectivity index (χ2n) is 5.96. The fourth-order valence-corrected chi connectivity index (χ4v) is 2.80. The van der Waals surface area contributed by atoms with Crippen molar-refractivity contribution in [3.05, 3.63) is 66.7 Å². The summed E-state index contributed by atoms with van der Waals surface area (Å²) in [6.45, 7) is 2.07. The van der Waals surface area contributed by atoms with Crippen LogP contribution < -0.4 is 5.32 Å². The average molecular weight is 347 g/mol. The van der Waals surface area contributed by atoms with Gasteiger partial charge in [0.15, 0.2) is 0 Å². The predicted molar refractivity (Wildman–Crippen MR) is 95.4 cm³/mol. The SMILES string of the molecule is CC(NC(=O)Cn1nnc2ccccc21)c1ccc(-n2cncn2)cc1.